The summed E-state index contributed by atoms with van der Waals surface area (Å²) in [7, 11) is -1.95. The van der Waals surface area contributed by atoms with E-state index in [2.05, 4.69) is 21.2 Å². The van der Waals surface area contributed by atoms with Gasteiger partial charge in [0.25, 0.3) is 0 Å². The fourth-order valence-electron chi connectivity index (χ4n) is 2.12. The van der Waals surface area contributed by atoms with Crippen LogP contribution in [0.3, 0.4) is 0 Å². The molecule has 2 rings (SSSR count). The van der Waals surface area contributed by atoms with Crippen LogP contribution in [0, 0.1) is 0 Å². The molecule has 106 valence electrons. The van der Waals surface area contributed by atoms with E-state index in [1.54, 1.807) is 18.2 Å². The summed E-state index contributed by atoms with van der Waals surface area (Å²) in [5.41, 5.74) is 0. The van der Waals surface area contributed by atoms with Crippen molar-refractivity contribution < 1.29 is 13.2 Å². The Bertz CT molecular complexity index is 562. The number of nitrogens with zero attached hydrogens (tertiary/aromatic N) is 1. The molecular weight excluding hydrogens is 332 g/mol. The summed E-state index contributed by atoms with van der Waals surface area (Å²) in [6.45, 7) is 3.74. The van der Waals surface area contributed by atoms with Gasteiger partial charge in [0.15, 0.2) is 0 Å². The summed E-state index contributed by atoms with van der Waals surface area (Å²) in [4.78, 5) is 0.265. The van der Waals surface area contributed by atoms with Gasteiger partial charge in [-0.1, -0.05) is 0 Å². The van der Waals surface area contributed by atoms with Gasteiger partial charge in [-0.25, -0.2) is 8.42 Å². The lowest BCUT2D eigenvalue weighted by Gasteiger charge is -2.32. The van der Waals surface area contributed by atoms with Gasteiger partial charge in [0.05, 0.1) is 16.5 Å². The topological polar surface area (TPSA) is 58.6 Å². The van der Waals surface area contributed by atoms with Crippen LogP contribution in [0.15, 0.2) is 27.6 Å². The molecule has 0 spiro atoms. The van der Waals surface area contributed by atoms with E-state index in [9.17, 15) is 8.42 Å². The molecule has 1 saturated heterocycles. The van der Waals surface area contributed by atoms with Crippen LogP contribution in [0.2, 0.25) is 0 Å². The van der Waals surface area contributed by atoms with Gasteiger partial charge < -0.3 is 10.1 Å². The number of hydrogen-bond acceptors (Lipinski definition) is 4. The van der Waals surface area contributed by atoms with Crippen molar-refractivity contribution in [1.82, 2.24) is 9.62 Å². The maximum absolute atomic E-state index is 12.6. The predicted octanol–water partition coefficient (Wildman–Crippen LogP) is 1.44. The van der Waals surface area contributed by atoms with Crippen molar-refractivity contribution >= 4 is 26.0 Å². The third-order valence-corrected chi connectivity index (χ3v) is 5.83. The van der Waals surface area contributed by atoms with Gasteiger partial charge in [-0.2, -0.15) is 4.31 Å². The Hall–Kier alpha value is -0.630. The molecule has 5 nitrogen and oxygen atoms in total. The molecule has 1 aliphatic heterocycles. The Morgan fingerprint density at radius 2 is 2.21 bits per heavy atom. The molecule has 19 heavy (non-hydrogen) atoms. The minimum absolute atomic E-state index is 0.0478. The largest absolute Gasteiger partial charge is 0.496 e. The summed E-state index contributed by atoms with van der Waals surface area (Å²) in [6.07, 6.45) is 0. The number of rotatable bonds is 3. The zero-order valence-corrected chi connectivity index (χ0v) is 13.3. The van der Waals surface area contributed by atoms with Crippen LogP contribution in [-0.2, 0) is 10.0 Å². The van der Waals surface area contributed by atoms with Crippen LogP contribution >= 0.6 is 15.9 Å². The second-order valence-corrected chi connectivity index (χ2v) is 7.21. The van der Waals surface area contributed by atoms with Crippen LogP contribution in [0.25, 0.3) is 0 Å². The van der Waals surface area contributed by atoms with Crippen molar-refractivity contribution in [3.05, 3.63) is 22.7 Å². The van der Waals surface area contributed by atoms with Crippen molar-refractivity contribution in [2.24, 2.45) is 0 Å². The Labute approximate surface area is 122 Å². The molecule has 1 aliphatic rings. The van der Waals surface area contributed by atoms with E-state index >= 15 is 0 Å². The van der Waals surface area contributed by atoms with E-state index in [1.165, 1.54) is 11.4 Å². The second kappa shape index (κ2) is 5.78. The van der Waals surface area contributed by atoms with Gasteiger partial charge in [0.2, 0.25) is 10.0 Å². The lowest BCUT2D eigenvalue weighted by atomic mass is 10.3. The summed E-state index contributed by atoms with van der Waals surface area (Å²) in [6, 6.07) is 4.79. The Kier molecular flexibility index (Phi) is 4.50. The maximum atomic E-state index is 12.6. The van der Waals surface area contributed by atoms with Crippen LogP contribution in [0.4, 0.5) is 0 Å². The number of methoxy groups -OCH3 is 1. The van der Waals surface area contributed by atoms with Crippen molar-refractivity contribution in [1.29, 1.82) is 0 Å². The van der Waals surface area contributed by atoms with Crippen molar-refractivity contribution in [2.45, 2.75) is 17.9 Å². The minimum Gasteiger partial charge on any atom is -0.496 e. The number of halogens is 1. The highest BCUT2D eigenvalue weighted by molar-refractivity contribution is 9.10. The van der Waals surface area contributed by atoms with E-state index in [0.29, 0.717) is 25.4 Å². The van der Waals surface area contributed by atoms with E-state index in [4.69, 9.17) is 4.74 Å². The Morgan fingerprint density at radius 1 is 1.47 bits per heavy atom. The smallest absolute Gasteiger partial charge is 0.243 e. The molecule has 1 atom stereocenters. The van der Waals surface area contributed by atoms with E-state index < -0.39 is 10.0 Å². The zero-order valence-electron chi connectivity index (χ0n) is 10.9. The van der Waals surface area contributed by atoms with E-state index in [-0.39, 0.29) is 10.9 Å². The number of benzene rings is 1. The molecular formula is C12H17BrN2O3S. The summed E-state index contributed by atoms with van der Waals surface area (Å²) < 4.78 is 32.6. The van der Waals surface area contributed by atoms with Gasteiger partial charge in [-0.15, -0.1) is 0 Å². The Morgan fingerprint density at radius 3 is 2.84 bits per heavy atom. The SMILES string of the molecule is COc1cc(S(=O)(=O)N2CCNCC2C)ccc1Br. The fourth-order valence-corrected chi connectivity index (χ4v) is 4.17. The molecule has 0 saturated carbocycles. The lowest BCUT2D eigenvalue weighted by Crippen LogP contribution is -2.52. The van der Waals surface area contributed by atoms with Gasteiger partial charge >= 0.3 is 0 Å². The highest BCUT2D eigenvalue weighted by atomic mass is 79.9. The first-order valence-electron chi connectivity index (χ1n) is 6.03. The van der Waals surface area contributed by atoms with E-state index in [0.717, 1.165) is 4.47 Å². The first-order chi connectivity index (χ1) is 8.96. The summed E-state index contributed by atoms with van der Waals surface area (Å²) in [5.74, 6) is 0.517. The number of ether oxygens (including phenoxy) is 1. The minimum atomic E-state index is -3.47. The quantitative estimate of drug-likeness (QED) is 0.897. The lowest BCUT2D eigenvalue weighted by molar-refractivity contribution is 0.283. The normalized spacial score (nSPS) is 21.3. The molecule has 0 amide bonds. The maximum Gasteiger partial charge on any atom is 0.243 e. The van der Waals surface area contributed by atoms with Gasteiger partial charge in [0.1, 0.15) is 5.75 Å². The molecule has 1 aromatic rings. The van der Waals surface area contributed by atoms with Crippen molar-refractivity contribution in [3.63, 3.8) is 0 Å². The van der Waals surface area contributed by atoms with E-state index in [1.807, 2.05) is 6.92 Å². The average Bonchev–Trinajstić information content (AvgIpc) is 2.39. The molecule has 0 radical (unpaired) electrons. The average molecular weight is 349 g/mol. The van der Waals surface area contributed by atoms with Crippen LogP contribution < -0.4 is 10.1 Å². The first-order valence-corrected chi connectivity index (χ1v) is 8.26. The van der Waals surface area contributed by atoms with Crippen molar-refractivity contribution in [2.75, 3.05) is 26.7 Å². The third-order valence-electron chi connectivity index (χ3n) is 3.17. The summed E-state index contributed by atoms with van der Waals surface area (Å²) in [5, 5.41) is 3.18. The fraction of sp³-hybridized carbons (Fsp3) is 0.500. The highest BCUT2D eigenvalue weighted by Gasteiger charge is 2.31. The molecule has 1 N–H and O–H groups in total. The van der Waals surface area contributed by atoms with Crippen molar-refractivity contribution in [3.8, 4) is 5.75 Å². The molecule has 7 heteroatoms. The molecule has 0 aliphatic carbocycles. The van der Waals surface area contributed by atoms with Gasteiger partial charge in [-0.3, -0.25) is 0 Å². The second-order valence-electron chi connectivity index (χ2n) is 4.47. The molecule has 1 aromatic carbocycles. The monoisotopic (exact) mass is 348 g/mol. The third kappa shape index (κ3) is 2.94. The van der Waals surface area contributed by atoms with Crippen LogP contribution in [-0.4, -0.2) is 45.5 Å². The van der Waals surface area contributed by atoms with Crippen LogP contribution in [0.1, 0.15) is 6.92 Å². The Balaban J connectivity index is 2.38. The zero-order chi connectivity index (χ0) is 14.0. The number of nitrogens with one attached hydrogen (secondary N) is 1. The summed E-state index contributed by atoms with van der Waals surface area (Å²) >= 11 is 3.32. The predicted molar refractivity (Wildman–Crippen MR) is 76.9 cm³/mol. The molecule has 1 fully saturated rings. The number of hydrogen-bond donors (Lipinski definition) is 1. The number of piperazine rings is 1. The van der Waals surface area contributed by atoms with Crippen LogP contribution in [0.5, 0.6) is 5.75 Å². The highest BCUT2D eigenvalue weighted by Crippen LogP contribution is 2.29. The molecule has 1 unspecified atom stereocenters. The molecule has 0 aromatic heterocycles. The van der Waals surface area contributed by atoms with Gasteiger partial charge in [0, 0.05) is 31.7 Å². The number of sulfonamides is 1. The molecule has 1 heterocycles. The first kappa shape index (κ1) is 14.8. The molecule has 0 bridgehead atoms. The standard InChI is InChI=1S/C12H17BrN2O3S/c1-9-8-14-5-6-15(9)19(16,17)10-3-4-11(13)12(7-10)18-2/h3-4,7,9,14H,5-6,8H2,1-2H3. The van der Waals surface area contributed by atoms with Gasteiger partial charge in [-0.05, 0) is 35.0 Å².